The molecule has 0 spiro atoms. The maximum absolute atomic E-state index is 13.7. The molecule has 0 heterocycles. The smallest absolute Gasteiger partial charge is 0.241 e. The largest absolute Gasteiger partial charge is 0.398 e. The number of nitrogens with one attached hydrogen (secondary N) is 1. The highest BCUT2D eigenvalue weighted by molar-refractivity contribution is 7.89. The van der Waals surface area contributed by atoms with E-state index in [0.29, 0.717) is 6.54 Å². The van der Waals surface area contributed by atoms with E-state index < -0.39 is 15.8 Å². The molecule has 1 aromatic carbocycles. The first-order chi connectivity index (χ1) is 9.54. The van der Waals surface area contributed by atoms with Crippen LogP contribution in [0.3, 0.4) is 0 Å². The number of hydrogen-bond acceptors (Lipinski definition) is 4. The molecule has 0 fully saturated rings. The molecule has 120 valence electrons. The normalized spacial score (nSPS) is 13.9. The fraction of sp³-hybridized carbons (Fsp3) is 0.571. The molecule has 0 aliphatic carbocycles. The molecule has 0 aliphatic heterocycles. The van der Waals surface area contributed by atoms with Crippen molar-refractivity contribution >= 4 is 15.7 Å². The summed E-state index contributed by atoms with van der Waals surface area (Å²) in [5.41, 5.74) is 6.03. The van der Waals surface area contributed by atoms with Gasteiger partial charge in [0.25, 0.3) is 0 Å². The van der Waals surface area contributed by atoms with Crippen LogP contribution < -0.4 is 10.5 Å². The van der Waals surface area contributed by atoms with Crippen LogP contribution in [-0.2, 0) is 10.0 Å². The molecule has 7 heteroatoms. The average Bonchev–Trinajstić information content (AvgIpc) is 2.33. The quantitative estimate of drug-likeness (QED) is 0.781. The maximum atomic E-state index is 13.7. The summed E-state index contributed by atoms with van der Waals surface area (Å²) in [6.07, 6.45) is 0. The number of likely N-dealkylation sites (N-methyl/N-ethyl adjacent to an activating group) is 1. The first kappa shape index (κ1) is 17.9. The van der Waals surface area contributed by atoms with E-state index in [0.717, 1.165) is 6.07 Å². The highest BCUT2D eigenvalue weighted by Gasteiger charge is 2.24. The zero-order chi connectivity index (χ0) is 16.4. The number of nitrogens with zero attached hydrogens (tertiary/aromatic N) is 1. The first-order valence-electron chi connectivity index (χ1n) is 6.77. The molecular weight excluding hydrogens is 293 g/mol. The number of anilines is 1. The van der Waals surface area contributed by atoms with E-state index in [1.807, 2.05) is 32.8 Å². The number of benzene rings is 1. The summed E-state index contributed by atoms with van der Waals surface area (Å²) in [5, 5.41) is 0. The molecular formula is C14H24FN3O2S. The molecule has 21 heavy (non-hydrogen) atoms. The van der Waals surface area contributed by atoms with E-state index in [1.165, 1.54) is 13.0 Å². The van der Waals surface area contributed by atoms with Gasteiger partial charge in [-0.1, -0.05) is 13.8 Å². The van der Waals surface area contributed by atoms with Crippen LogP contribution in [-0.4, -0.2) is 40.0 Å². The van der Waals surface area contributed by atoms with Gasteiger partial charge in [0.05, 0.1) is 4.90 Å². The van der Waals surface area contributed by atoms with Gasteiger partial charge in [-0.2, -0.15) is 0 Å². The van der Waals surface area contributed by atoms with Crippen LogP contribution >= 0.6 is 0 Å². The molecule has 0 saturated carbocycles. The second kappa shape index (κ2) is 6.72. The van der Waals surface area contributed by atoms with Crippen molar-refractivity contribution in [2.45, 2.75) is 31.7 Å². The Kier molecular flexibility index (Phi) is 5.72. The van der Waals surface area contributed by atoms with Gasteiger partial charge in [0.2, 0.25) is 10.0 Å². The van der Waals surface area contributed by atoms with E-state index in [9.17, 15) is 12.8 Å². The van der Waals surface area contributed by atoms with Gasteiger partial charge in [-0.05, 0) is 39.1 Å². The highest BCUT2D eigenvalue weighted by Crippen LogP contribution is 2.21. The van der Waals surface area contributed by atoms with Gasteiger partial charge in [0, 0.05) is 23.8 Å². The molecule has 1 atom stereocenters. The standard InChI is InChI=1S/C14H24FN3O2S/c1-9(2)14(8-18(4)5)17-21(19,20)11-6-12(15)10(3)13(16)7-11/h6-7,9,14,17H,8,16H2,1-5H3. The number of nitrogens with two attached hydrogens (primary N) is 1. The van der Waals surface area contributed by atoms with Gasteiger partial charge in [0.15, 0.2) is 0 Å². The molecule has 0 amide bonds. The molecule has 1 unspecified atom stereocenters. The Bertz CT molecular complexity index is 577. The summed E-state index contributed by atoms with van der Waals surface area (Å²) in [6.45, 7) is 5.93. The van der Waals surface area contributed by atoms with Gasteiger partial charge < -0.3 is 10.6 Å². The van der Waals surface area contributed by atoms with Crippen molar-refractivity contribution in [2.75, 3.05) is 26.4 Å². The van der Waals surface area contributed by atoms with Gasteiger partial charge in [-0.3, -0.25) is 0 Å². The SMILES string of the molecule is Cc1c(N)cc(S(=O)(=O)NC(CN(C)C)C(C)C)cc1F. The van der Waals surface area contributed by atoms with Crippen molar-refractivity contribution in [3.63, 3.8) is 0 Å². The van der Waals surface area contributed by atoms with Crippen LogP contribution in [0.15, 0.2) is 17.0 Å². The van der Waals surface area contributed by atoms with Crippen LogP contribution in [0.2, 0.25) is 0 Å². The lowest BCUT2D eigenvalue weighted by Crippen LogP contribution is -2.44. The Labute approximate surface area is 126 Å². The lowest BCUT2D eigenvalue weighted by atomic mass is 10.1. The van der Waals surface area contributed by atoms with Gasteiger partial charge in [-0.25, -0.2) is 17.5 Å². The van der Waals surface area contributed by atoms with E-state index in [-0.39, 0.29) is 28.1 Å². The van der Waals surface area contributed by atoms with Crippen LogP contribution in [0, 0.1) is 18.7 Å². The molecule has 3 N–H and O–H groups in total. The Morgan fingerprint density at radius 2 is 1.90 bits per heavy atom. The molecule has 0 saturated heterocycles. The van der Waals surface area contributed by atoms with Gasteiger partial charge in [0.1, 0.15) is 5.82 Å². The average molecular weight is 317 g/mol. The van der Waals surface area contributed by atoms with Crippen molar-refractivity contribution in [2.24, 2.45) is 5.92 Å². The Hall–Kier alpha value is -1.18. The minimum atomic E-state index is -3.81. The van der Waals surface area contributed by atoms with Crippen LogP contribution in [0.4, 0.5) is 10.1 Å². The molecule has 0 radical (unpaired) electrons. The fourth-order valence-electron chi connectivity index (χ4n) is 1.87. The van der Waals surface area contributed by atoms with E-state index in [1.54, 1.807) is 0 Å². The van der Waals surface area contributed by atoms with Crippen LogP contribution in [0.5, 0.6) is 0 Å². The van der Waals surface area contributed by atoms with Gasteiger partial charge >= 0.3 is 0 Å². The van der Waals surface area contributed by atoms with Crippen molar-refractivity contribution in [1.82, 2.24) is 9.62 Å². The predicted octanol–water partition coefficient (Wildman–Crippen LogP) is 1.58. The number of nitrogen functional groups attached to an aromatic ring is 1. The lowest BCUT2D eigenvalue weighted by molar-refractivity contribution is 0.314. The lowest BCUT2D eigenvalue weighted by Gasteiger charge is -2.25. The summed E-state index contributed by atoms with van der Waals surface area (Å²) in [7, 11) is -0.0720. The van der Waals surface area contributed by atoms with Crippen LogP contribution in [0.25, 0.3) is 0 Å². The molecule has 5 nitrogen and oxygen atoms in total. The predicted molar refractivity (Wildman–Crippen MR) is 83.1 cm³/mol. The molecule has 1 aromatic rings. The number of sulfonamides is 1. The van der Waals surface area contributed by atoms with E-state index in [2.05, 4.69) is 4.72 Å². The molecule has 0 aliphatic rings. The second-order valence-corrected chi connectivity index (χ2v) is 7.57. The zero-order valence-corrected chi connectivity index (χ0v) is 14.0. The summed E-state index contributed by atoms with van der Waals surface area (Å²) in [4.78, 5) is 1.75. The fourth-order valence-corrected chi connectivity index (χ4v) is 3.30. The summed E-state index contributed by atoms with van der Waals surface area (Å²) < 4.78 is 41.1. The zero-order valence-electron chi connectivity index (χ0n) is 13.1. The highest BCUT2D eigenvalue weighted by atomic mass is 32.2. The van der Waals surface area contributed by atoms with Crippen molar-refractivity contribution in [3.8, 4) is 0 Å². The number of hydrogen-bond donors (Lipinski definition) is 2. The summed E-state index contributed by atoms with van der Waals surface area (Å²) >= 11 is 0. The Balaban J connectivity index is 3.10. The first-order valence-corrected chi connectivity index (χ1v) is 8.25. The van der Waals surface area contributed by atoms with E-state index in [4.69, 9.17) is 5.73 Å². The maximum Gasteiger partial charge on any atom is 0.241 e. The van der Waals surface area contributed by atoms with Crippen molar-refractivity contribution in [3.05, 3.63) is 23.5 Å². The van der Waals surface area contributed by atoms with Crippen LogP contribution in [0.1, 0.15) is 19.4 Å². The summed E-state index contributed by atoms with van der Waals surface area (Å²) in [5.74, 6) is -0.515. The minimum Gasteiger partial charge on any atom is -0.398 e. The monoisotopic (exact) mass is 317 g/mol. The minimum absolute atomic E-state index is 0.106. The van der Waals surface area contributed by atoms with Crippen molar-refractivity contribution in [1.29, 1.82) is 0 Å². The third-order valence-electron chi connectivity index (χ3n) is 3.34. The Morgan fingerprint density at radius 3 is 2.33 bits per heavy atom. The van der Waals surface area contributed by atoms with E-state index >= 15 is 0 Å². The van der Waals surface area contributed by atoms with Crippen molar-refractivity contribution < 1.29 is 12.8 Å². The number of rotatable bonds is 6. The Morgan fingerprint density at radius 1 is 1.33 bits per heavy atom. The topological polar surface area (TPSA) is 75.4 Å². The molecule has 0 bridgehead atoms. The summed E-state index contributed by atoms with van der Waals surface area (Å²) in [6, 6.07) is 2.02. The molecule has 0 aromatic heterocycles. The molecule has 1 rings (SSSR count). The second-order valence-electron chi connectivity index (χ2n) is 5.85. The third-order valence-corrected chi connectivity index (χ3v) is 4.81. The van der Waals surface area contributed by atoms with Gasteiger partial charge in [-0.15, -0.1) is 0 Å². The number of halogens is 1. The third kappa shape index (κ3) is 4.66.